The smallest absolute Gasteiger partial charge is 0.227 e. The van der Waals surface area contributed by atoms with Crippen molar-refractivity contribution in [2.24, 2.45) is 0 Å². The largest absolute Gasteiger partial charge is 0.378 e. The van der Waals surface area contributed by atoms with Crippen molar-refractivity contribution in [1.82, 2.24) is 10.3 Å². The number of hydrogen-bond acceptors (Lipinski definition) is 6. The molecule has 0 spiro atoms. The number of ether oxygens (including phenoxy) is 2. The molecule has 1 fully saturated rings. The van der Waals surface area contributed by atoms with Gasteiger partial charge in [0.15, 0.2) is 5.13 Å². The van der Waals surface area contributed by atoms with Crippen molar-refractivity contribution in [2.45, 2.75) is 25.5 Å². The van der Waals surface area contributed by atoms with E-state index < -0.39 is 0 Å². The second-order valence-corrected chi connectivity index (χ2v) is 5.75. The van der Waals surface area contributed by atoms with E-state index in [0.29, 0.717) is 31.4 Å². The maximum atomic E-state index is 11.9. The average Bonchev–Trinajstić information content (AvgIpc) is 2.81. The predicted molar refractivity (Wildman–Crippen MR) is 78.6 cm³/mol. The highest BCUT2D eigenvalue weighted by Gasteiger charge is 2.19. The Morgan fingerprint density at radius 3 is 3.10 bits per heavy atom. The van der Waals surface area contributed by atoms with Crippen LogP contribution in [-0.4, -0.2) is 43.3 Å². The predicted octanol–water partition coefficient (Wildman–Crippen LogP) is 0.955. The maximum absolute atomic E-state index is 11.9. The molecule has 0 saturated carbocycles. The molecule has 2 aliphatic rings. The number of amides is 1. The van der Waals surface area contributed by atoms with Crippen molar-refractivity contribution in [3.8, 4) is 0 Å². The van der Waals surface area contributed by atoms with E-state index in [1.54, 1.807) is 0 Å². The molecule has 6 nitrogen and oxygen atoms in total. The van der Waals surface area contributed by atoms with Gasteiger partial charge in [-0.15, -0.1) is 12.4 Å². The van der Waals surface area contributed by atoms with Crippen molar-refractivity contribution < 1.29 is 14.3 Å². The molecule has 3 heterocycles. The summed E-state index contributed by atoms with van der Waals surface area (Å²) >= 11 is 1.51. The second kappa shape index (κ2) is 7.33. The van der Waals surface area contributed by atoms with Crippen molar-refractivity contribution in [3.63, 3.8) is 0 Å². The van der Waals surface area contributed by atoms with Crippen LogP contribution in [0.1, 0.15) is 17.0 Å². The van der Waals surface area contributed by atoms with Gasteiger partial charge in [-0.05, 0) is 0 Å². The summed E-state index contributed by atoms with van der Waals surface area (Å²) in [6, 6.07) is 0.103. The molecule has 3 rings (SSSR count). The number of nitrogens with one attached hydrogen (secondary N) is 2. The van der Waals surface area contributed by atoms with Crippen molar-refractivity contribution in [1.29, 1.82) is 0 Å². The Kier molecular flexibility index (Phi) is 5.74. The zero-order chi connectivity index (χ0) is 13.1. The molecule has 2 aliphatic heterocycles. The Bertz CT molecular complexity index is 439. The summed E-state index contributed by atoms with van der Waals surface area (Å²) in [6.45, 7) is 3.45. The minimum atomic E-state index is -0.0185. The quantitative estimate of drug-likeness (QED) is 0.868. The van der Waals surface area contributed by atoms with Gasteiger partial charge in [0, 0.05) is 25.4 Å². The molecule has 0 radical (unpaired) electrons. The van der Waals surface area contributed by atoms with Crippen LogP contribution in [0.3, 0.4) is 0 Å². The van der Waals surface area contributed by atoms with Gasteiger partial charge in [0.1, 0.15) is 0 Å². The first kappa shape index (κ1) is 15.7. The highest BCUT2D eigenvalue weighted by atomic mass is 35.5. The van der Waals surface area contributed by atoms with Gasteiger partial charge in [-0.25, -0.2) is 4.98 Å². The third-order valence-electron chi connectivity index (χ3n) is 3.17. The van der Waals surface area contributed by atoms with E-state index in [1.165, 1.54) is 11.3 Å². The number of aromatic nitrogens is 1. The van der Waals surface area contributed by atoms with Crippen LogP contribution < -0.4 is 10.6 Å². The number of halogens is 1. The summed E-state index contributed by atoms with van der Waals surface area (Å²) in [7, 11) is 0. The number of carbonyl (C=O) groups excluding carboxylic acids is 1. The van der Waals surface area contributed by atoms with Gasteiger partial charge in [0.25, 0.3) is 0 Å². The summed E-state index contributed by atoms with van der Waals surface area (Å²) in [6.07, 6.45) is 1.25. The van der Waals surface area contributed by atoms with Crippen LogP contribution >= 0.6 is 23.7 Å². The van der Waals surface area contributed by atoms with Crippen LogP contribution in [0, 0.1) is 0 Å². The Morgan fingerprint density at radius 1 is 1.45 bits per heavy atom. The lowest BCUT2D eigenvalue weighted by atomic mass is 10.2. The number of anilines is 1. The molecular formula is C12H18ClN3O3S. The summed E-state index contributed by atoms with van der Waals surface area (Å²) in [4.78, 5) is 17.5. The van der Waals surface area contributed by atoms with Gasteiger partial charge in [-0.2, -0.15) is 0 Å². The van der Waals surface area contributed by atoms with E-state index in [0.717, 1.165) is 30.1 Å². The zero-order valence-electron chi connectivity index (χ0n) is 11.0. The Balaban J connectivity index is 0.00000147. The Labute approximate surface area is 127 Å². The molecular weight excluding hydrogens is 302 g/mol. The number of hydrogen-bond donors (Lipinski definition) is 2. The average molecular weight is 320 g/mol. The lowest BCUT2D eigenvalue weighted by Gasteiger charge is -2.22. The lowest BCUT2D eigenvalue weighted by molar-refractivity contribution is -0.117. The number of thiazole rings is 1. The van der Waals surface area contributed by atoms with Crippen LogP contribution in [0.5, 0.6) is 0 Å². The minimum absolute atomic E-state index is 0. The molecule has 1 atom stereocenters. The van der Waals surface area contributed by atoms with Gasteiger partial charge in [0.05, 0.1) is 37.0 Å². The number of morpholine rings is 1. The third kappa shape index (κ3) is 3.89. The molecule has 0 bridgehead atoms. The SMILES string of the molecule is Cl.O=C(CC1COCCN1)Nc1nc2c(s1)COCC2. The van der Waals surface area contributed by atoms with Gasteiger partial charge in [-0.3, -0.25) is 4.79 Å². The fourth-order valence-electron chi connectivity index (χ4n) is 2.22. The number of fused-ring (bicyclic) bond motifs is 1. The first-order valence-corrected chi connectivity index (χ1v) is 7.30. The van der Waals surface area contributed by atoms with Crippen molar-refractivity contribution >= 4 is 34.8 Å². The van der Waals surface area contributed by atoms with Crippen LogP contribution in [0.2, 0.25) is 0 Å². The molecule has 1 aromatic rings. The molecule has 1 unspecified atom stereocenters. The van der Waals surface area contributed by atoms with E-state index >= 15 is 0 Å². The van der Waals surface area contributed by atoms with Crippen LogP contribution in [0.4, 0.5) is 5.13 Å². The maximum Gasteiger partial charge on any atom is 0.227 e. The molecule has 1 amide bonds. The van der Waals surface area contributed by atoms with Crippen molar-refractivity contribution in [2.75, 3.05) is 31.7 Å². The fourth-order valence-corrected chi connectivity index (χ4v) is 3.19. The first-order valence-electron chi connectivity index (χ1n) is 6.48. The molecule has 112 valence electrons. The summed E-state index contributed by atoms with van der Waals surface area (Å²) in [5.74, 6) is -0.0185. The van der Waals surface area contributed by atoms with E-state index in [2.05, 4.69) is 15.6 Å². The minimum Gasteiger partial charge on any atom is -0.378 e. The summed E-state index contributed by atoms with van der Waals surface area (Å²) < 4.78 is 10.7. The highest BCUT2D eigenvalue weighted by molar-refractivity contribution is 7.15. The van der Waals surface area contributed by atoms with E-state index in [1.807, 2.05) is 0 Å². The van der Waals surface area contributed by atoms with Crippen LogP contribution in [0.25, 0.3) is 0 Å². The number of nitrogens with zero attached hydrogens (tertiary/aromatic N) is 1. The fraction of sp³-hybridized carbons (Fsp3) is 0.667. The molecule has 2 N–H and O–H groups in total. The molecule has 8 heteroatoms. The van der Waals surface area contributed by atoms with E-state index in [9.17, 15) is 4.79 Å². The van der Waals surface area contributed by atoms with Crippen LogP contribution in [0.15, 0.2) is 0 Å². The zero-order valence-corrected chi connectivity index (χ0v) is 12.6. The molecule has 1 saturated heterocycles. The first-order chi connectivity index (χ1) is 9.31. The number of carbonyl (C=O) groups is 1. The standard InChI is InChI=1S/C12H17N3O3S.ClH/c16-11(5-8-6-18-4-2-13-8)15-12-14-9-1-3-17-7-10(9)19-12;/h8,13H,1-7H2,(H,14,15,16);1H. The summed E-state index contributed by atoms with van der Waals surface area (Å²) in [5, 5.41) is 6.80. The Hall–Kier alpha value is -0.730. The molecule has 20 heavy (non-hydrogen) atoms. The van der Waals surface area contributed by atoms with Crippen LogP contribution in [-0.2, 0) is 27.3 Å². The second-order valence-electron chi connectivity index (χ2n) is 4.67. The van der Waals surface area contributed by atoms with E-state index in [4.69, 9.17) is 9.47 Å². The lowest BCUT2D eigenvalue weighted by Crippen LogP contribution is -2.43. The normalized spacial score (nSPS) is 21.7. The van der Waals surface area contributed by atoms with Gasteiger partial charge in [-0.1, -0.05) is 11.3 Å². The summed E-state index contributed by atoms with van der Waals surface area (Å²) in [5.41, 5.74) is 1.06. The van der Waals surface area contributed by atoms with Gasteiger partial charge >= 0.3 is 0 Å². The highest BCUT2D eigenvalue weighted by Crippen LogP contribution is 2.27. The topological polar surface area (TPSA) is 72.5 Å². The van der Waals surface area contributed by atoms with Crippen molar-refractivity contribution in [3.05, 3.63) is 10.6 Å². The van der Waals surface area contributed by atoms with E-state index in [-0.39, 0.29) is 24.4 Å². The molecule has 0 aliphatic carbocycles. The van der Waals surface area contributed by atoms with Gasteiger partial charge in [0.2, 0.25) is 5.91 Å². The molecule has 0 aromatic carbocycles. The number of rotatable bonds is 3. The monoisotopic (exact) mass is 319 g/mol. The van der Waals surface area contributed by atoms with Gasteiger partial charge < -0.3 is 20.1 Å². The third-order valence-corrected chi connectivity index (χ3v) is 4.16. The Morgan fingerprint density at radius 2 is 2.35 bits per heavy atom. The molecule has 1 aromatic heterocycles.